The Morgan fingerprint density at radius 1 is 0.690 bits per heavy atom. The van der Waals surface area contributed by atoms with Crippen LogP contribution in [-0.4, -0.2) is 12.2 Å². The summed E-state index contributed by atoms with van der Waals surface area (Å²) in [6.45, 7) is 0. The molecule has 0 aliphatic heterocycles. The van der Waals surface area contributed by atoms with Gasteiger partial charge in [0.05, 0.1) is 12.5 Å². The van der Waals surface area contributed by atoms with Crippen molar-refractivity contribution in [2.45, 2.75) is 12.5 Å². The fraction of sp³-hybridized carbons (Fsp3) is 0.130. The van der Waals surface area contributed by atoms with E-state index in [1.807, 2.05) is 72.8 Å². The molecule has 0 radical (unpaired) electrons. The molecule has 3 N–H and O–H groups in total. The van der Waals surface area contributed by atoms with Crippen LogP contribution in [0.2, 0.25) is 0 Å². The molecule has 2 atom stereocenters. The van der Waals surface area contributed by atoms with E-state index in [0.29, 0.717) is 5.76 Å². The molecule has 0 fully saturated rings. The summed E-state index contributed by atoms with van der Waals surface area (Å²) in [4.78, 5) is 0. The third-order valence-corrected chi connectivity index (χ3v) is 4.00. The van der Waals surface area contributed by atoms with Gasteiger partial charge in [0, 0.05) is 18.5 Å². The average molecular weight is 392 g/mol. The Morgan fingerprint density at radius 2 is 1.21 bits per heavy atom. The summed E-state index contributed by atoms with van der Waals surface area (Å²) in [6, 6.07) is 26.5. The Balaban J connectivity index is 0.000000166. The van der Waals surface area contributed by atoms with Crippen LogP contribution in [0.3, 0.4) is 0 Å². The summed E-state index contributed by atoms with van der Waals surface area (Å²) in [6.07, 6.45) is 2.12. The number of hydrogen-bond acceptors (Lipinski definition) is 6. The zero-order valence-corrected chi connectivity index (χ0v) is 16.1. The number of benzene rings is 2. The highest BCUT2D eigenvalue weighted by Gasteiger charge is 2.12. The molecule has 0 saturated carbocycles. The van der Waals surface area contributed by atoms with Gasteiger partial charge >= 0.3 is 0 Å². The molecule has 2 unspecified atom stereocenters. The summed E-state index contributed by atoms with van der Waals surface area (Å²) >= 11 is 0. The molecular formula is C23H24N2O4. The van der Waals surface area contributed by atoms with Gasteiger partial charge in [-0.2, -0.15) is 0 Å². The van der Waals surface area contributed by atoms with Crippen LogP contribution < -0.4 is 10.6 Å². The summed E-state index contributed by atoms with van der Waals surface area (Å²) in [5, 5.41) is 15.8. The van der Waals surface area contributed by atoms with E-state index in [4.69, 9.17) is 13.6 Å². The number of methoxy groups -OCH3 is 1. The number of rotatable bonds is 7. The summed E-state index contributed by atoms with van der Waals surface area (Å²) in [7, 11) is 1.64. The van der Waals surface area contributed by atoms with E-state index < -0.39 is 6.23 Å². The van der Waals surface area contributed by atoms with Crippen molar-refractivity contribution in [2.75, 3.05) is 17.7 Å². The second kappa shape index (κ2) is 10.8. The van der Waals surface area contributed by atoms with Crippen molar-refractivity contribution in [2.24, 2.45) is 0 Å². The van der Waals surface area contributed by atoms with Crippen LogP contribution in [0.4, 0.5) is 11.4 Å². The minimum absolute atomic E-state index is 0.248. The smallest absolute Gasteiger partial charge is 0.186 e. The largest absolute Gasteiger partial charge is 0.465 e. The second-order valence-electron chi connectivity index (χ2n) is 6.07. The number of aliphatic hydroxyl groups is 1. The molecule has 0 aliphatic rings. The lowest BCUT2D eigenvalue weighted by molar-refractivity contribution is 0.107. The van der Waals surface area contributed by atoms with Crippen LogP contribution in [0.5, 0.6) is 0 Å². The molecule has 6 nitrogen and oxygen atoms in total. The molecule has 2 heterocycles. The van der Waals surface area contributed by atoms with Crippen LogP contribution in [0, 0.1) is 0 Å². The minimum Gasteiger partial charge on any atom is -0.465 e. The molecule has 0 bridgehead atoms. The summed E-state index contributed by atoms with van der Waals surface area (Å²) < 4.78 is 15.6. The van der Waals surface area contributed by atoms with Crippen LogP contribution in [-0.2, 0) is 4.74 Å². The molecule has 4 aromatic rings. The van der Waals surface area contributed by atoms with E-state index in [1.165, 1.54) is 6.26 Å². The quantitative estimate of drug-likeness (QED) is 0.365. The van der Waals surface area contributed by atoms with Gasteiger partial charge in [-0.3, -0.25) is 0 Å². The van der Waals surface area contributed by atoms with Crippen LogP contribution in [0.25, 0.3) is 0 Å². The number of ether oxygens (including phenoxy) is 1. The summed E-state index contributed by atoms with van der Waals surface area (Å²) in [5.41, 5.74) is 1.86. The first kappa shape index (κ1) is 20.3. The molecule has 150 valence electrons. The molecule has 0 saturated heterocycles. The van der Waals surface area contributed by atoms with Crippen molar-refractivity contribution >= 4 is 11.4 Å². The molecule has 6 heteroatoms. The Kier molecular flexibility index (Phi) is 7.51. The highest BCUT2D eigenvalue weighted by atomic mass is 16.5. The topological polar surface area (TPSA) is 79.8 Å². The lowest BCUT2D eigenvalue weighted by Crippen LogP contribution is -2.11. The Hall–Kier alpha value is -3.48. The molecule has 0 aliphatic carbocycles. The van der Waals surface area contributed by atoms with E-state index in [0.717, 1.165) is 17.1 Å². The SMILES string of the molecule is COC(Nc1ccccc1)c1ccco1.OC(Nc1ccccc1)c1ccco1. The van der Waals surface area contributed by atoms with E-state index in [-0.39, 0.29) is 6.23 Å². The van der Waals surface area contributed by atoms with Crippen molar-refractivity contribution in [1.29, 1.82) is 0 Å². The Labute approximate surface area is 169 Å². The van der Waals surface area contributed by atoms with Gasteiger partial charge in [-0.05, 0) is 48.5 Å². The molecule has 2 aromatic carbocycles. The lowest BCUT2D eigenvalue weighted by Gasteiger charge is -2.15. The fourth-order valence-corrected chi connectivity index (χ4v) is 2.58. The standard InChI is InChI=1S/C12H13NO2.C11H11NO2/c1-14-12(11-8-5-9-15-11)13-10-6-3-2-4-7-10;13-11(10-7-4-8-14-10)12-9-5-2-1-3-6-9/h2-9,12-13H,1H3;1-8,11-13H. The third-order valence-electron chi connectivity index (χ3n) is 4.00. The molecule has 2 aromatic heterocycles. The number of furan rings is 2. The summed E-state index contributed by atoms with van der Waals surface area (Å²) in [5.74, 6) is 1.27. The zero-order chi connectivity index (χ0) is 20.3. The highest BCUT2D eigenvalue weighted by molar-refractivity contribution is 5.44. The van der Waals surface area contributed by atoms with Gasteiger partial charge in [-0.15, -0.1) is 0 Å². The van der Waals surface area contributed by atoms with E-state index in [9.17, 15) is 5.11 Å². The van der Waals surface area contributed by atoms with Gasteiger partial charge in [-0.25, -0.2) is 0 Å². The highest BCUT2D eigenvalue weighted by Crippen LogP contribution is 2.20. The first-order valence-corrected chi connectivity index (χ1v) is 9.17. The van der Waals surface area contributed by atoms with Crippen molar-refractivity contribution in [3.63, 3.8) is 0 Å². The average Bonchev–Trinajstić information content (AvgIpc) is 3.48. The van der Waals surface area contributed by atoms with Gasteiger partial charge in [0.25, 0.3) is 0 Å². The fourth-order valence-electron chi connectivity index (χ4n) is 2.58. The van der Waals surface area contributed by atoms with Gasteiger partial charge in [0.1, 0.15) is 0 Å². The molecule has 0 spiro atoms. The molecule has 29 heavy (non-hydrogen) atoms. The predicted molar refractivity (Wildman–Crippen MR) is 112 cm³/mol. The normalized spacial score (nSPS) is 12.3. The number of hydrogen-bond donors (Lipinski definition) is 3. The maximum Gasteiger partial charge on any atom is 0.186 e. The first-order chi connectivity index (χ1) is 14.3. The van der Waals surface area contributed by atoms with Gasteiger partial charge in [0.15, 0.2) is 24.0 Å². The van der Waals surface area contributed by atoms with Crippen molar-refractivity contribution in [1.82, 2.24) is 0 Å². The van der Waals surface area contributed by atoms with Crippen molar-refractivity contribution < 1.29 is 18.7 Å². The second-order valence-corrected chi connectivity index (χ2v) is 6.07. The Morgan fingerprint density at radius 3 is 1.69 bits per heavy atom. The zero-order valence-electron chi connectivity index (χ0n) is 16.1. The number of para-hydroxylation sites is 2. The van der Waals surface area contributed by atoms with Gasteiger partial charge < -0.3 is 29.3 Å². The number of aliphatic hydroxyl groups excluding tert-OH is 1. The van der Waals surface area contributed by atoms with Gasteiger partial charge in [-0.1, -0.05) is 36.4 Å². The first-order valence-electron chi connectivity index (χ1n) is 9.17. The number of nitrogens with one attached hydrogen (secondary N) is 2. The third kappa shape index (κ3) is 6.27. The van der Waals surface area contributed by atoms with E-state index in [1.54, 1.807) is 25.5 Å². The van der Waals surface area contributed by atoms with Crippen LogP contribution in [0.15, 0.2) is 106 Å². The van der Waals surface area contributed by atoms with E-state index >= 15 is 0 Å². The van der Waals surface area contributed by atoms with Crippen molar-refractivity contribution in [3.8, 4) is 0 Å². The molecule has 0 amide bonds. The lowest BCUT2D eigenvalue weighted by atomic mass is 10.3. The molecular weight excluding hydrogens is 368 g/mol. The monoisotopic (exact) mass is 392 g/mol. The maximum atomic E-state index is 9.66. The minimum atomic E-state index is -0.799. The van der Waals surface area contributed by atoms with Gasteiger partial charge in [0.2, 0.25) is 0 Å². The molecule has 4 rings (SSSR count). The van der Waals surface area contributed by atoms with E-state index in [2.05, 4.69) is 10.6 Å². The van der Waals surface area contributed by atoms with Crippen molar-refractivity contribution in [3.05, 3.63) is 109 Å². The predicted octanol–water partition coefficient (Wildman–Crippen LogP) is 5.42. The van der Waals surface area contributed by atoms with Crippen LogP contribution >= 0.6 is 0 Å². The maximum absolute atomic E-state index is 9.66. The number of anilines is 2. The van der Waals surface area contributed by atoms with Crippen LogP contribution in [0.1, 0.15) is 24.0 Å². The Bertz CT molecular complexity index is 910.